The highest BCUT2D eigenvalue weighted by Crippen LogP contribution is 2.17. The van der Waals surface area contributed by atoms with Crippen LogP contribution in [0.2, 0.25) is 0 Å². The zero-order valence-electron chi connectivity index (χ0n) is 20.0. The van der Waals surface area contributed by atoms with Crippen molar-refractivity contribution >= 4 is 23.8 Å². The second kappa shape index (κ2) is 12.7. The molecule has 9 heteroatoms. The minimum Gasteiger partial charge on any atom is -0.465 e. The lowest BCUT2D eigenvalue weighted by Gasteiger charge is -2.18. The third kappa shape index (κ3) is 7.13. The van der Waals surface area contributed by atoms with E-state index in [-0.39, 0.29) is 23.8 Å². The van der Waals surface area contributed by atoms with Crippen LogP contribution < -0.4 is 16.0 Å². The molecule has 0 aromatic heterocycles. The van der Waals surface area contributed by atoms with Crippen LogP contribution in [0.4, 0.5) is 0 Å². The Morgan fingerprint density at radius 1 is 0.714 bits per heavy atom. The number of amides is 2. The molecule has 1 aliphatic heterocycles. The standard InChI is InChI=1S/C26H31N3O6/c1-34-25(32)19-7-3-17(4-8-19)11-13-28-23(30)21-15-27-16-22(21)24(31)29-14-12-18-5-9-20(10-6-18)26(33)35-2/h3-10,21-22,27H,11-16H2,1-2H3,(H,28,30)(H,29,31)/t21-,22?/m1/s1. The van der Waals surface area contributed by atoms with Crippen molar-refractivity contribution in [3.63, 3.8) is 0 Å². The van der Waals surface area contributed by atoms with E-state index >= 15 is 0 Å². The molecule has 2 aromatic carbocycles. The number of methoxy groups -OCH3 is 2. The second-order valence-corrected chi connectivity index (χ2v) is 8.33. The Labute approximate surface area is 204 Å². The maximum atomic E-state index is 12.7. The van der Waals surface area contributed by atoms with Gasteiger partial charge in [0.25, 0.3) is 0 Å². The van der Waals surface area contributed by atoms with E-state index in [4.69, 9.17) is 0 Å². The van der Waals surface area contributed by atoms with Gasteiger partial charge in [0.2, 0.25) is 11.8 Å². The summed E-state index contributed by atoms with van der Waals surface area (Å²) in [6, 6.07) is 14.1. The van der Waals surface area contributed by atoms with Crippen LogP contribution >= 0.6 is 0 Å². The maximum absolute atomic E-state index is 12.7. The molecule has 1 unspecified atom stereocenters. The first kappa shape index (κ1) is 25.9. The topological polar surface area (TPSA) is 123 Å². The van der Waals surface area contributed by atoms with E-state index < -0.39 is 11.8 Å². The summed E-state index contributed by atoms with van der Waals surface area (Å²) in [5, 5.41) is 8.97. The fraction of sp³-hybridized carbons (Fsp3) is 0.385. The minimum absolute atomic E-state index is 0.153. The Bertz CT molecular complexity index is 953. The summed E-state index contributed by atoms with van der Waals surface area (Å²) >= 11 is 0. The van der Waals surface area contributed by atoms with Gasteiger partial charge in [0.1, 0.15) is 0 Å². The number of benzene rings is 2. The highest BCUT2D eigenvalue weighted by atomic mass is 16.5. The van der Waals surface area contributed by atoms with Gasteiger partial charge in [-0.3, -0.25) is 9.59 Å². The van der Waals surface area contributed by atoms with Crippen LogP contribution in [0.25, 0.3) is 0 Å². The smallest absolute Gasteiger partial charge is 0.337 e. The van der Waals surface area contributed by atoms with Crippen molar-refractivity contribution in [1.82, 2.24) is 16.0 Å². The average Bonchev–Trinajstić information content (AvgIpc) is 3.39. The van der Waals surface area contributed by atoms with Gasteiger partial charge >= 0.3 is 11.9 Å². The molecule has 1 heterocycles. The molecule has 0 aliphatic carbocycles. The molecule has 0 bridgehead atoms. The number of esters is 2. The normalized spacial score (nSPS) is 16.9. The number of carbonyl (C=O) groups is 4. The lowest BCUT2D eigenvalue weighted by Crippen LogP contribution is -2.42. The van der Waals surface area contributed by atoms with Gasteiger partial charge in [-0.1, -0.05) is 24.3 Å². The molecule has 186 valence electrons. The van der Waals surface area contributed by atoms with E-state index in [9.17, 15) is 19.2 Å². The second-order valence-electron chi connectivity index (χ2n) is 8.33. The SMILES string of the molecule is COC(=O)c1ccc(CCNC(=O)C2CNC[C@H]2C(=O)NCCc2ccc(C(=O)OC)cc2)cc1. The monoisotopic (exact) mass is 481 g/mol. The van der Waals surface area contributed by atoms with Gasteiger partial charge in [0.05, 0.1) is 37.2 Å². The van der Waals surface area contributed by atoms with Crippen molar-refractivity contribution in [2.45, 2.75) is 12.8 Å². The first-order valence-electron chi connectivity index (χ1n) is 11.5. The summed E-state index contributed by atoms with van der Waals surface area (Å²) in [4.78, 5) is 48.4. The van der Waals surface area contributed by atoms with E-state index in [1.165, 1.54) is 14.2 Å². The highest BCUT2D eigenvalue weighted by Gasteiger charge is 2.37. The van der Waals surface area contributed by atoms with Crippen LogP contribution in [-0.2, 0) is 31.9 Å². The summed E-state index contributed by atoms with van der Waals surface area (Å²) < 4.78 is 9.38. The van der Waals surface area contributed by atoms with Gasteiger partial charge in [-0.05, 0) is 48.2 Å². The molecule has 0 radical (unpaired) electrons. The number of nitrogens with one attached hydrogen (secondary N) is 3. The lowest BCUT2D eigenvalue weighted by atomic mass is 9.94. The Morgan fingerprint density at radius 3 is 1.43 bits per heavy atom. The molecule has 2 amide bonds. The van der Waals surface area contributed by atoms with Crippen molar-refractivity contribution < 1.29 is 28.7 Å². The predicted octanol–water partition coefficient (Wildman–Crippen LogP) is 1.11. The number of rotatable bonds is 10. The largest absolute Gasteiger partial charge is 0.465 e. The van der Waals surface area contributed by atoms with Crippen LogP contribution in [0.15, 0.2) is 48.5 Å². The van der Waals surface area contributed by atoms with Crippen molar-refractivity contribution in [2.75, 3.05) is 40.4 Å². The summed E-state index contributed by atoms with van der Waals surface area (Å²) in [6.07, 6.45) is 1.22. The zero-order chi connectivity index (χ0) is 25.2. The van der Waals surface area contributed by atoms with Crippen molar-refractivity contribution in [1.29, 1.82) is 0 Å². The van der Waals surface area contributed by atoms with Crippen molar-refractivity contribution in [3.05, 3.63) is 70.8 Å². The highest BCUT2D eigenvalue weighted by molar-refractivity contribution is 5.90. The van der Waals surface area contributed by atoms with Crippen LogP contribution in [0.3, 0.4) is 0 Å². The molecule has 35 heavy (non-hydrogen) atoms. The molecule has 1 saturated heterocycles. The molecular formula is C26H31N3O6. The summed E-state index contributed by atoms with van der Waals surface area (Å²) in [5.74, 6) is -1.95. The molecule has 1 fully saturated rings. The van der Waals surface area contributed by atoms with Crippen LogP contribution in [0.1, 0.15) is 31.8 Å². The van der Waals surface area contributed by atoms with E-state index in [1.54, 1.807) is 24.3 Å². The predicted molar refractivity (Wildman–Crippen MR) is 129 cm³/mol. The molecule has 1 aliphatic rings. The number of ether oxygens (including phenoxy) is 2. The fourth-order valence-corrected chi connectivity index (χ4v) is 4.00. The van der Waals surface area contributed by atoms with Gasteiger partial charge in [-0.2, -0.15) is 0 Å². The summed E-state index contributed by atoms with van der Waals surface area (Å²) in [7, 11) is 2.67. The Kier molecular flexibility index (Phi) is 9.37. The quantitative estimate of drug-likeness (QED) is 0.435. The Morgan fingerprint density at radius 2 is 1.09 bits per heavy atom. The molecular weight excluding hydrogens is 450 g/mol. The lowest BCUT2D eigenvalue weighted by molar-refractivity contribution is -0.132. The molecule has 2 aromatic rings. The third-order valence-electron chi connectivity index (χ3n) is 6.06. The van der Waals surface area contributed by atoms with Gasteiger partial charge in [-0.25, -0.2) is 9.59 Å². The van der Waals surface area contributed by atoms with Crippen molar-refractivity contribution in [3.8, 4) is 0 Å². The Hall–Kier alpha value is -3.72. The number of hydrogen-bond donors (Lipinski definition) is 3. The van der Waals surface area contributed by atoms with E-state index in [1.807, 2.05) is 24.3 Å². The van der Waals surface area contributed by atoms with Crippen LogP contribution in [-0.4, -0.2) is 64.2 Å². The van der Waals surface area contributed by atoms with Gasteiger partial charge in [-0.15, -0.1) is 0 Å². The molecule has 3 N–H and O–H groups in total. The average molecular weight is 482 g/mol. The summed E-state index contributed by atoms with van der Waals surface area (Å²) in [5.41, 5.74) is 2.92. The summed E-state index contributed by atoms with van der Waals surface area (Å²) in [6.45, 7) is 1.77. The molecule has 0 spiro atoms. The number of carbonyl (C=O) groups excluding carboxylic acids is 4. The van der Waals surface area contributed by atoms with E-state index in [2.05, 4.69) is 25.4 Å². The van der Waals surface area contributed by atoms with Crippen LogP contribution in [0.5, 0.6) is 0 Å². The zero-order valence-corrected chi connectivity index (χ0v) is 20.0. The van der Waals surface area contributed by atoms with Gasteiger partial charge in [0.15, 0.2) is 0 Å². The van der Waals surface area contributed by atoms with E-state index in [0.29, 0.717) is 50.1 Å². The van der Waals surface area contributed by atoms with Crippen LogP contribution in [0, 0.1) is 11.8 Å². The fourth-order valence-electron chi connectivity index (χ4n) is 4.00. The van der Waals surface area contributed by atoms with Crippen molar-refractivity contribution in [2.24, 2.45) is 11.8 Å². The van der Waals surface area contributed by atoms with E-state index in [0.717, 1.165) is 11.1 Å². The maximum Gasteiger partial charge on any atom is 0.337 e. The molecule has 0 saturated carbocycles. The molecule has 9 nitrogen and oxygen atoms in total. The minimum atomic E-state index is -0.434. The van der Waals surface area contributed by atoms with Gasteiger partial charge < -0.3 is 25.4 Å². The Balaban J connectivity index is 1.42. The first-order valence-corrected chi connectivity index (χ1v) is 11.5. The number of hydrogen-bond acceptors (Lipinski definition) is 7. The van der Waals surface area contributed by atoms with Gasteiger partial charge in [0, 0.05) is 26.2 Å². The molecule has 2 atom stereocenters. The molecule has 3 rings (SSSR count). The third-order valence-corrected chi connectivity index (χ3v) is 6.06. The first-order chi connectivity index (χ1) is 16.9.